The van der Waals surface area contributed by atoms with Crippen molar-refractivity contribution < 1.29 is 28.9 Å². The Bertz CT molecular complexity index is 923. The van der Waals surface area contributed by atoms with Crippen molar-refractivity contribution in [2.24, 2.45) is 10.9 Å². The number of carbonyl (C=O) groups excluding carboxylic acids is 2. The first-order valence-electron chi connectivity index (χ1n) is 10.6. The molecule has 0 saturated heterocycles. The number of halogens is 1. The summed E-state index contributed by atoms with van der Waals surface area (Å²) in [6, 6.07) is 3.42. The normalized spacial score (nSPS) is 20.9. The molecule has 0 spiro atoms. The van der Waals surface area contributed by atoms with Crippen LogP contribution in [-0.2, 0) is 19.1 Å². The van der Waals surface area contributed by atoms with Gasteiger partial charge in [-0.3, -0.25) is 14.6 Å². The monoisotopic (exact) mass is 493 g/mol. The molecule has 31 heavy (non-hydrogen) atoms. The van der Waals surface area contributed by atoms with Gasteiger partial charge in [0, 0.05) is 35.9 Å². The Morgan fingerprint density at radius 2 is 2.00 bits per heavy atom. The molecule has 7 nitrogen and oxygen atoms in total. The molecule has 0 radical (unpaired) electrons. The molecule has 3 rings (SSSR count). The molecule has 0 fully saturated rings. The third-order valence-electron chi connectivity index (χ3n) is 5.47. The highest BCUT2D eigenvalue weighted by Crippen LogP contribution is 2.47. The highest BCUT2D eigenvalue weighted by atomic mass is 79.9. The Morgan fingerprint density at radius 3 is 2.71 bits per heavy atom. The zero-order valence-electron chi connectivity index (χ0n) is 18.1. The first kappa shape index (κ1) is 23.5. The van der Waals surface area contributed by atoms with Crippen molar-refractivity contribution in [1.29, 1.82) is 0 Å². The molecule has 1 aromatic rings. The van der Waals surface area contributed by atoms with E-state index in [0.29, 0.717) is 59.7 Å². The Hall–Kier alpha value is -2.19. The molecule has 1 aromatic carbocycles. The zero-order chi connectivity index (χ0) is 22.5. The second-order valence-corrected chi connectivity index (χ2v) is 8.35. The van der Waals surface area contributed by atoms with Crippen molar-refractivity contribution in [3.8, 4) is 11.5 Å². The van der Waals surface area contributed by atoms with Gasteiger partial charge in [-0.1, -0.05) is 0 Å². The largest absolute Gasteiger partial charge is 0.503 e. The summed E-state index contributed by atoms with van der Waals surface area (Å²) in [7, 11) is 0. The van der Waals surface area contributed by atoms with E-state index in [1.807, 2.05) is 13.8 Å². The van der Waals surface area contributed by atoms with Gasteiger partial charge in [0.25, 0.3) is 0 Å². The molecule has 0 saturated carbocycles. The Morgan fingerprint density at radius 1 is 1.23 bits per heavy atom. The third kappa shape index (κ3) is 5.01. The van der Waals surface area contributed by atoms with Gasteiger partial charge in [-0.25, -0.2) is 0 Å². The van der Waals surface area contributed by atoms with E-state index >= 15 is 0 Å². The Balaban J connectivity index is 2.06. The van der Waals surface area contributed by atoms with Crippen LogP contribution in [0.1, 0.15) is 51.5 Å². The quantitative estimate of drug-likeness (QED) is 0.428. The van der Waals surface area contributed by atoms with Gasteiger partial charge in [0.1, 0.15) is 12.5 Å². The number of nitrogens with zero attached hydrogens (tertiary/aromatic N) is 1. The van der Waals surface area contributed by atoms with Gasteiger partial charge >= 0.3 is 5.97 Å². The molecule has 0 bridgehead atoms. The summed E-state index contributed by atoms with van der Waals surface area (Å²) < 4.78 is 16.8. The number of carbonyl (C=O) groups is 2. The number of hydrogen-bond donors (Lipinski definition) is 1. The lowest BCUT2D eigenvalue weighted by molar-refractivity contribution is -0.148. The number of ether oxygens (including phenoxy) is 3. The molecule has 8 heteroatoms. The van der Waals surface area contributed by atoms with Crippen LogP contribution in [0, 0.1) is 5.92 Å². The van der Waals surface area contributed by atoms with Crippen LogP contribution in [0.25, 0.3) is 0 Å². The van der Waals surface area contributed by atoms with Gasteiger partial charge in [0.05, 0.1) is 17.7 Å². The van der Waals surface area contributed by atoms with Gasteiger partial charge in [-0.15, -0.1) is 0 Å². The SMILES string of the molecule is CCOCCOC(=O)C1C(C)=NC2=C(C(=O)CCC2)[C@H]1c1cc(Br)c(O)c(OCC)c1. The number of aliphatic imine (C=N–C) groups is 1. The summed E-state index contributed by atoms with van der Waals surface area (Å²) in [5.74, 6) is -1.48. The fraction of sp³-hybridized carbons (Fsp3) is 0.522. The molecule has 168 valence electrons. The minimum Gasteiger partial charge on any atom is -0.503 e. The van der Waals surface area contributed by atoms with Crippen LogP contribution >= 0.6 is 15.9 Å². The summed E-state index contributed by atoms with van der Waals surface area (Å²) in [6.07, 6.45) is 1.86. The first-order valence-corrected chi connectivity index (χ1v) is 11.4. The number of esters is 1. The van der Waals surface area contributed by atoms with Crippen LogP contribution in [0.4, 0.5) is 0 Å². The van der Waals surface area contributed by atoms with E-state index in [1.165, 1.54) is 0 Å². The van der Waals surface area contributed by atoms with E-state index in [2.05, 4.69) is 20.9 Å². The molecule has 2 aliphatic rings. The fourth-order valence-electron chi connectivity index (χ4n) is 4.15. The van der Waals surface area contributed by atoms with E-state index in [-0.39, 0.29) is 18.1 Å². The number of allylic oxidation sites excluding steroid dienone is 2. The Labute approximate surface area is 190 Å². The lowest BCUT2D eigenvalue weighted by Gasteiger charge is -2.34. The number of ketones is 1. The fourth-order valence-corrected chi connectivity index (χ4v) is 4.61. The van der Waals surface area contributed by atoms with Crippen molar-refractivity contribution >= 4 is 33.4 Å². The van der Waals surface area contributed by atoms with Crippen LogP contribution in [0.3, 0.4) is 0 Å². The summed E-state index contributed by atoms with van der Waals surface area (Å²) in [6.45, 7) is 6.83. The summed E-state index contributed by atoms with van der Waals surface area (Å²) in [5.41, 5.74) is 2.60. The van der Waals surface area contributed by atoms with Crippen LogP contribution in [-0.4, -0.2) is 49.0 Å². The Kier molecular flexibility index (Phi) is 7.89. The van der Waals surface area contributed by atoms with Gasteiger partial charge in [-0.2, -0.15) is 0 Å². The molecular formula is C23H28BrNO6. The van der Waals surface area contributed by atoms with Crippen LogP contribution < -0.4 is 4.74 Å². The average Bonchev–Trinajstić information content (AvgIpc) is 2.73. The van der Waals surface area contributed by atoms with E-state index in [0.717, 1.165) is 12.1 Å². The third-order valence-corrected chi connectivity index (χ3v) is 6.08. The predicted molar refractivity (Wildman–Crippen MR) is 120 cm³/mol. The number of rotatable bonds is 8. The van der Waals surface area contributed by atoms with E-state index in [9.17, 15) is 14.7 Å². The molecule has 2 atom stereocenters. The molecule has 1 N–H and O–H groups in total. The summed E-state index contributed by atoms with van der Waals surface area (Å²) in [5, 5.41) is 10.3. The maximum absolute atomic E-state index is 13.1. The van der Waals surface area contributed by atoms with Gasteiger partial charge in [0.2, 0.25) is 0 Å². The van der Waals surface area contributed by atoms with Gasteiger partial charge in [-0.05, 0) is 67.2 Å². The van der Waals surface area contributed by atoms with Gasteiger partial charge in [0.15, 0.2) is 17.3 Å². The maximum atomic E-state index is 13.1. The van der Waals surface area contributed by atoms with Crippen LogP contribution in [0.15, 0.2) is 32.9 Å². The summed E-state index contributed by atoms with van der Waals surface area (Å²) in [4.78, 5) is 30.7. The predicted octanol–water partition coefficient (Wildman–Crippen LogP) is 4.31. The van der Waals surface area contributed by atoms with Gasteiger partial charge < -0.3 is 19.3 Å². The van der Waals surface area contributed by atoms with Crippen molar-refractivity contribution in [3.63, 3.8) is 0 Å². The number of phenolic OH excluding ortho intramolecular Hbond substituents is 1. The maximum Gasteiger partial charge on any atom is 0.315 e. The number of phenols is 1. The first-order chi connectivity index (χ1) is 14.9. The number of aromatic hydroxyl groups is 1. The highest BCUT2D eigenvalue weighted by Gasteiger charge is 2.43. The second kappa shape index (κ2) is 10.4. The van der Waals surface area contributed by atoms with Crippen molar-refractivity contribution in [1.82, 2.24) is 0 Å². The molecular weight excluding hydrogens is 466 g/mol. The average molecular weight is 494 g/mol. The van der Waals surface area contributed by atoms with E-state index < -0.39 is 17.8 Å². The smallest absolute Gasteiger partial charge is 0.315 e. The zero-order valence-corrected chi connectivity index (χ0v) is 19.7. The summed E-state index contributed by atoms with van der Waals surface area (Å²) >= 11 is 3.37. The topological polar surface area (TPSA) is 94.4 Å². The molecule has 1 aliphatic heterocycles. The van der Waals surface area contributed by atoms with Crippen LogP contribution in [0.2, 0.25) is 0 Å². The van der Waals surface area contributed by atoms with Crippen molar-refractivity contribution in [2.45, 2.75) is 46.0 Å². The minimum atomic E-state index is -0.742. The standard InChI is InChI=1S/C23H28BrNO6/c1-4-29-9-10-31-23(28)19-13(3)25-16-7-6-8-17(26)21(16)20(19)14-11-15(24)22(27)18(12-14)30-5-2/h11-12,19-20,27H,4-10H2,1-3H3/t19?,20-/m0/s1. The van der Waals surface area contributed by atoms with Crippen LogP contribution in [0.5, 0.6) is 11.5 Å². The number of benzene rings is 1. The molecule has 0 amide bonds. The van der Waals surface area contributed by atoms with Crippen molar-refractivity contribution in [3.05, 3.63) is 33.4 Å². The van der Waals surface area contributed by atoms with E-state index in [1.54, 1.807) is 19.1 Å². The van der Waals surface area contributed by atoms with E-state index in [4.69, 9.17) is 14.2 Å². The highest BCUT2D eigenvalue weighted by molar-refractivity contribution is 9.10. The number of Topliss-reactive ketones (excluding diaryl/α,β-unsaturated/α-hetero) is 1. The minimum absolute atomic E-state index is 0.00299. The van der Waals surface area contributed by atoms with Crippen molar-refractivity contribution in [2.75, 3.05) is 26.4 Å². The molecule has 0 aromatic heterocycles. The molecule has 1 unspecified atom stereocenters. The molecule has 1 heterocycles. The number of hydrogen-bond acceptors (Lipinski definition) is 7. The second-order valence-electron chi connectivity index (χ2n) is 7.49. The lowest BCUT2D eigenvalue weighted by atomic mass is 9.71. The molecule has 1 aliphatic carbocycles. The lowest BCUT2D eigenvalue weighted by Crippen LogP contribution is -2.37.